The van der Waals surface area contributed by atoms with E-state index < -0.39 is 0 Å². The summed E-state index contributed by atoms with van der Waals surface area (Å²) < 4.78 is 6.08. The number of carbonyl (C=O) groups is 1. The first-order valence-corrected chi connectivity index (χ1v) is 8.96. The van der Waals surface area contributed by atoms with E-state index in [1.165, 1.54) is 6.92 Å². The van der Waals surface area contributed by atoms with Crippen LogP contribution in [0.1, 0.15) is 29.7 Å². The van der Waals surface area contributed by atoms with Crippen molar-refractivity contribution in [3.05, 3.63) is 40.1 Å². The van der Waals surface area contributed by atoms with Gasteiger partial charge in [-0.2, -0.15) is 0 Å². The second kappa shape index (κ2) is 7.72. The van der Waals surface area contributed by atoms with Gasteiger partial charge in [0.1, 0.15) is 16.9 Å². The maximum Gasteiger partial charge on any atom is 0.217 e. The zero-order valence-corrected chi connectivity index (χ0v) is 14.8. The van der Waals surface area contributed by atoms with Crippen LogP contribution in [0.5, 0.6) is 5.75 Å². The van der Waals surface area contributed by atoms with E-state index in [1.807, 2.05) is 19.1 Å². The predicted molar refractivity (Wildman–Crippen MR) is 92.9 cm³/mol. The molecule has 0 spiro atoms. The van der Waals surface area contributed by atoms with Gasteiger partial charge >= 0.3 is 0 Å². The van der Waals surface area contributed by atoms with Crippen LogP contribution >= 0.6 is 11.3 Å². The van der Waals surface area contributed by atoms with Crippen molar-refractivity contribution < 1.29 is 9.53 Å². The Bertz CT molecular complexity index is 703. The summed E-state index contributed by atoms with van der Waals surface area (Å²) in [7, 11) is 0. The van der Waals surface area contributed by atoms with Gasteiger partial charge in [0.25, 0.3) is 0 Å². The molecule has 3 heterocycles. The summed E-state index contributed by atoms with van der Waals surface area (Å²) in [5, 5.41) is 6.00. The summed E-state index contributed by atoms with van der Waals surface area (Å²) in [5.74, 6) is 0.745. The fraction of sp³-hybridized carbons (Fsp3) is 0.471. The number of carbonyl (C=O) groups excluding carboxylic acids is 1. The Kier molecular flexibility index (Phi) is 5.42. The number of hydrogen-bond donors (Lipinski definition) is 1. The number of hydrogen-bond acceptors (Lipinski definition) is 6. The van der Waals surface area contributed by atoms with E-state index in [9.17, 15) is 4.79 Å². The second-order valence-corrected chi connectivity index (χ2v) is 6.98. The minimum absolute atomic E-state index is 0.0630. The van der Waals surface area contributed by atoms with Crippen molar-refractivity contribution in [3.63, 3.8) is 0 Å². The molecule has 1 aliphatic rings. The Morgan fingerprint density at radius 3 is 3.17 bits per heavy atom. The van der Waals surface area contributed by atoms with Crippen molar-refractivity contribution in [1.29, 1.82) is 0 Å². The molecule has 0 saturated carbocycles. The standard InChI is InChI=1S/C17H22N4O2S/c1-12-11-24-17(20-12)10-21-6-4-16(9-21)23-15-3-5-18-14(7-15)8-19-13(2)22/h3,5,7,11,16H,4,6,8-10H2,1-2H3,(H,19,22). The van der Waals surface area contributed by atoms with Crippen molar-refractivity contribution >= 4 is 17.2 Å². The average molecular weight is 346 g/mol. The lowest BCUT2D eigenvalue weighted by Gasteiger charge is -2.16. The van der Waals surface area contributed by atoms with Crippen molar-refractivity contribution in [2.75, 3.05) is 13.1 Å². The van der Waals surface area contributed by atoms with Gasteiger partial charge in [-0.25, -0.2) is 4.98 Å². The number of rotatable bonds is 6. The summed E-state index contributed by atoms with van der Waals surface area (Å²) in [6.45, 7) is 6.76. The van der Waals surface area contributed by atoms with E-state index in [-0.39, 0.29) is 12.0 Å². The summed E-state index contributed by atoms with van der Waals surface area (Å²) in [5.41, 5.74) is 1.89. The number of thiazole rings is 1. The van der Waals surface area contributed by atoms with Crippen LogP contribution in [0.25, 0.3) is 0 Å². The number of likely N-dealkylation sites (tertiary alicyclic amines) is 1. The Hall–Kier alpha value is -1.99. The van der Waals surface area contributed by atoms with Gasteiger partial charge in [0, 0.05) is 43.4 Å². The lowest BCUT2D eigenvalue weighted by molar-refractivity contribution is -0.119. The smallest absolute Gasteiger partial charge is 0.217 e. The van der Waals surface area contributed by atoms with E-state index in [4.69, 9.17) is 4.74 Å². The largest absolute Gasteiger partial charge is 0.489 e. The maximum atomic E-state index is 11.0. The third-order valence-electron chi connectivity index (χ3n) is 3.86. The van der Waals surface area contributed by atoms with Crippen LogP contribution in [0.4, 0.5) is 0 Å². The normalized spacial score (nSPS) is 17.8. The number of ether oxygens (including phenoxy) is 1. The SMILES string of the molecule is CC(=O)NCc1cc(OC2CCN(Cc3nc(C)cs3)C2)ccn1. The molecule has 24 heavy (non-hydrogen) atoms. The van der Waals surface area contributed by atoms with Crippen LogP contribution in [0, 0.1) is 6.92 Å². The van der Waals surface area contributed by atoms with Gasteiger partial charge in [-0.1, -0.05) is 0 Å². The number of nitrogens with zero attached hydrogens (tertiary/aromatic N) is 3. The van der Waals surface area contributed by atoms with Gasteiger partial charge in [-0.3, -0.25) is 14.7 Å². The molecular formula is C17H22N4O2S. The topological polar surface area (TPSA) is 67.3 Å². The first-order chi connectivity index (χ1) is 11.6. The minimum Gasteiger partial charge on any atom is -0.489 e. The molecule has 1 atom stereocenters. The molecule has 0 bridgehead atoms. The highest BCUT2D eigenvalue weighted by atomic mass is 32.1. The first-order valence-electron chi connectivity index (χ1n) is 8.08. The molecule has 3 rings (SSSR count). The number of amides is 1. The van der Waals surface area contributed by atoms with Gasteiger partial charge in [-0.15, -0.1) is 11.3 Å². The van der Waals surface area contributed by atoms with E-state index in [1.54, 1.807) is 17.5 Å². The number of aromatic nitrogens is 2. The molecule has 0 aliphatic carbocycles. The molecule has 1 unspecified atom stereocenters. The van der Waals surface area contributed by atoms with E-state index in [2.05, 4.69) is 25.6 Å². The summed E-state index contributed by atoms with van der Waals surface area (Å²) in [4.78, 5) is 22.1. The summed E-state index contributed by atoms with van der Waals surface area (Å²) in [6.07, 6.45) is 2.91. The van der Waals surface area contributed by atoms with Crippen LogP contribution in [-0.4, -0.2) is 40.0 Å². The fourth-order valence-electron chi connectivity index (χ4n) is 2.74. The van der Waals surface area contributed by atoms with Gasteiger partial charge in [0.2, 0.25) is 5.91 Å². The van der Waals surface area contributed by atoms with Crippen LogP contribution < -0.4 is 10.1 Å². The maximum absolute atomic E-state index is 11.0. The highest BCUT2D eigenvalue weighted by Gasteiger charge is 2.24. The molecule has 2 aromatic rings. The molecule has 2 aromatic heterocycles. The molecule has 1 aliphatic heterocycles. The Morgan fingerprint density at radius 1 is 1.54 bits per heavy atom. The predicted octanol–water partition coefficient (Wildman–Crippen LogP) is 2.14. The molecule has 128 valence electrons. The quantitative estimate of drug-likeness (QED) is 0.868. The van der Waals surface area contributed by atoms with Gasteiger partial charge in [-0.05, 0) is 19.4 Å². The van der Waals surface area contributed by atoms with Gasteiger partial charge in [0.05, 0.1) is 18.8 Å². The van der Waals surface area contributed by atoms with E-state index in [0.717, 1.165) is 48.2 Å². The van der Waals surface area contributed by atoms with Crippen molar-refractivity contribution in [2.24, 2.45) is 0 Å². The third kappa shape index (κ3) is 4.75. The number of pyridine rings is 1. The lowest BCUT2D eigenvalue weighted by atomic mass is 10.3. The van der Waals surface area contributed by atoms with Crippen molar-refractivity contribution in [1.82, 2.24) is 20.2 Å². The van der Waals surface area contributed by atoms with Crippen LogP contribution in [0.3, 0.4) is 0 Å². The Balaban J connectivity index is 1.51. The minimum atomic E-state index is -0.0630. The number of nitrogens with one attached hydrogen (secondary N) is 1. The first kappa shape index (κ1) is 16.9. The molecule has 1 N–H and O–H groups in total. The molecule has 1 amide bonds. The van der Waals surface area contributed by atoms with Crippen LogP contribution in [-0.2, 0) is 17.9 Å². The zero-order chi connectivity index (χ0) is 16.9. The summed E-state index contributed by atoms with van der Waals surface area (Å²) in [6, 6.07) is 3.76. The lowest BCUT2D eigenvalue weighted by Crippen LogP contribution is -2.24. The highest BCUT2D eigenvalue weighted by molar-refractivity contribution is 7.09. The molecule has 7 heteroatoms. The molecule has 1 fully saturated rings. The van der Waals surface area contributed by atoms with Gasteiger partial charge < -0.3 is 10.1 Å². The van der Waals surface area contributed by atoms with Gasteiger partial charge in [0.15, 0.2) is 0 Å². The zero-order valence-electron chi connectivity index (χ0n) is 14.0. The van der Waals surface area contributed by atoms with Crippen LogP contribution in [0.15, 0.2) is 23.7 Å². The molecular weight excluding hydrogens is 324 g/mol. The second-order valence-electron chi connectivity index (χ2n) is 6.04. The number of aryl methyl sites for hydroxylation is 1. The van der Waals surface area contributed by atoms with Crippen LogP contribution in [0.2, 0.25) is 0 Å². The molecule has 6 nitrogen and oxygen atoms in total. The molecule has 1 saturated heterocycles. The summed E-state index contributed by atoms with van der Waals surface area (Å²) >= 11 is 1.71. The van der Waals surface area contributed by atoms with Crippen molar-refractivity contribution in [3.8, 4) is 5.75 Å². The molecule has 0 aromatic carbocycles. The third-order valence-corrected chi connectivity index (χ3v) is 4.82. The Labute approximate surface area is 145 Å². The van der Waals surface area contributed by atoms with Crippen molar-refractivity contribution in [2.45, 2.75) is 39.5 Å². The van der Waals surface area contributed by atoms with E-state index >= 15 is 0 Å². The average Bonchev–Trinajstić information content (AvgIpc) is 3.15. The monoisotopic (exact) mass is 346 g/mol. The molecule has 0 radical (unpaired) electrons. The van der Waals surface area contributed by atoms with E-state index in [0.29, 0.717) is 6.54 Å². The Morgan fingerprint density at radius 2 is 2.42 bits per heavy atom. The highest BCUT2D eigenvalue weighted by Crippen LogP contribution is 2.21. The fourth-order valence-corrected chi connectivity index (χ4v) is 3.55.